The Hall–Kier alpha value is -2.60. The third-order valence-corrected chi connectivity index (χ3v) is 3.69. The van der Waals surface area contributed by atoms with Crippen molar-refractivity contribution >= 4 is 0 Å². The lowest BCUT2D eigenvalue weighted by Crippen LogP contribution is -2.17. The van der Waals surface area contributed by atoms with Crippen LogP contribution in [0, 0.1) is 0 Å². The summed E-state index contributed by atoms with van der Waals surface area (Å²) >= 11 is 0. The van der Waals surface area contributed by atoms with Crippen LogP contribution in [0.2, 0.25) is 0 Å². The quantitative estimate of drug-likeness (QED) is 0.698. The van der Waals surface area contributed by atoms with Crippen LogP contribution in [0.1, 0.15) is 31.0 Å². The lowest BCUT2D eigenvalue weighted by molar-refractivity contribution is 0.318. The molecule has 0 bridgehead atoms. The zero-order chi connectivity index (χ0) is 16.9. The van der Waals surface area contributed by atoms with Crippen LogP contribution in [0.15, 0.2) is 49.2 Å². The highest BCUT2D eigenvalue weighted by Gasteiger charge is 2.07. The second-order valence-corrected chi connectivity index (χ2v) is 6.22. The van der Waals surface area contributed by atoms with Crippen molar-refractivity contribution in [3.05, 3.63) is 60.3 Å². The van der Waals surface area contributed by atoms with Crippen molar-refractivity contribution < 1.29 is 0 Å². The Labute approximate surface area is 142 Å². The second kappa shape index (κ2) is 7.31. The number of rotatable bonds is 6. The van der Waals surface area contributed by atoms with Crippen molar-refractivity contribution in [1.82, 2.24) is 29.6 Å². The molecule has 0 aliphatic carbocycles. The molecule has 24 heavy (non-hydrogen) atoms. The first kappa shape index (κ1) is 16.3. The summed E-state index contributed by atoms with van der Waals surface area (Å²) < 4.78 is 1.98. The molecule has 3 aromatic heterocycles. The number of aromatic nitrogens is 5. The first-order valence-electron chi connectivity index (χ1n) is 8.05. The van der Waals surface area contributed by atoms with Gasteiger partial charge in [-0.25, -0.2) is 9.97 Å². The van der Waals surface area contributed by atoms with E-state index in [1.807, 2.05) is 41.5 Å². The summed E-state index contributed by atoms with van der Waals surface area (Å²) in [6, 6.07) is 6.11. The van der Waals surface area contributed by atoms with E-state index in [2.05, 4.69) is 52.0 Å². The molecule has 0 aromatic carbocycles. The molecule has 0 saturated carbocycles. The molecule has 0 aliphatic rings. The van der Waals surface area contributed by atoms with Gasteiger partial charge in [-0.3, -0.25) is 14.6 Å². The fourth-order valence-electron chi connectivity index (χ4n) is 2.48. The van der Waals surface area contributed by atoms with E-state index in [0.29, 0.717) is 11.9 Å². The molecule has 0 saturated heterocycles. The number of hydrogen-bond donors (Lipinski definition) is 0. The summed E-state index contributed by atoms with van der Waals surface area (Å²) in [5, 5.41) is 4.38. The Balaban J connectivity index is 1.61. The van der Waals surface area contributed by atoms with E-state index in [1.165, 1.54) is 5.56 Å². The van der Waals surface area contributed by atoms with Gasteiger partial charge in [-0.1, -0.05) is 6.07 Å². The van der Waals surface area contributed by atoms with Gasteiger partial charge in [0.25, 0.3) is 0 Å². The minimum Gasteiger partial charge on any atom is -0.298 e. The van der Waals surface area contributed by atoms with E-state index in [-0.39, 0.29) is 0 Å². The molecule has 0 unspecified atom stereocenters. The van der Waals surface area contributed by atoms with Crippen molar-refractivity contribution in [2.24, 2.45) is 0 Å². The molecular weight excluding hydrogens is 300 g/mol. The normalized spacial score (nSPS) is 11.4. The molecule has 0 amide bonds. The Kier molecular flexibility index (Phi) is 4.96. The van der Waals surface area contributed by atoms with Crippen LogP contribution >= 0.6 is 0 Å². The van der Waals surface area contributed by atoms with Crippen molar-refractivity contribution in [3.63, 3.8) is 0 Å². The van der Waals surface area contributed by atoms with Gasteiger partial charge < -0.3 is 0 Å². The average Bonchev–Trinajstić information content (AvgIpc) is 3.05. The highest BCUT2D eigenvalue weighted by molar-refractivity contribution is 5.47. The SMILES string of the molecule is CC(C)n1cc(CN(C)Cc2cnc(-c3ccccn3)nc2)cn1. The molecule has 3 heterocycles. The van der Waals surface area contributed by atoms with E-state index in [4.69, 9.17) is 0 Å². The van der Waals surface area contributed by atoms with Crippen LogP contribution in [0.4, 0.5) is 0 Å². The summed E-state index contributed by atoms with van der Waals surface area (Å²) in [6.07, 6.45) is 9.51. The first-order valence-corrected chi connectivity index (χ1v) is 8.05. The molecule has 0 N–H and O–H groups in total. The summed E-state index contributed by atoms with van der Waals surface area (Å²) in [7, 11) is 2.08. The molecule has 0 aliphatic heterocycles. The molecule has 0 atom stereocenters. The summed E-state index contributed by atoms with van der Waals surface area (Å²) in [6.45, 7) is 5.88. The van der Waals surface area contributed by atoms with Crippen LogP contribution in [0.5, 0.6) is 0 Å². The Morgan fingerprint density at radius 1 is 1.00 bits per heavy atom. The highest BCUT2D eigenvalue weighted by Crippen LogP contribution is 2.12. The van der Waals surface area contributed by atoms with E-state index in [0.717, 1.165) is 24.3 Å². The van der Waals surface area contributed by atoms with Crippen LogP contribution in [-0.2, 0) is 13.1 Å². The third-order valence-electron chi connectivity index (χ3n) is 3.69. The predicted molar refractivity (Wildman–Crippen MR) is 93.0 cm³/mol. The molecule has 3 aromatic rings. The minimum absolute atomic E-state index is 0.386. The molecule has 0 spiro atoms. The maximum atomic E-state index is 4.42. The standard InChI is InChI=1S/C18H22N6/c1-14(2)24-13-16(10-22-24)12-23(3)11-15-8-20-18(21-9-15)17-6-4-5-7-19-17/h4-10,13-14H,11-12H2,1-3H3. The molecule has 0 fully saturated rings. The van der Waals surface area contributed by atoms with Crippen molar-refractivity contribution in [2.75, 3.05) is 7.05 Å². The van der Waals surface area contributed by atoms with E-state index >= 15 is 0 Å². The number of pyridine rings is 1. The van der Waals surface area contributed by atoms with Crippen molar-refractivity contribution in [2.45, 2.75) is 33.0 Å². The molecule has 6 heteroatoms. The fraction of sp³-hybridized carbons (Fsp3) is 0.333. The molecule has 6 nitrogen and oxygen atoms in total. The smallest absolute Gasteiger partial charge is 0.178 e. The zero-order valence-corrected chi connectivity index (χ0v) is 14.3. The van der Waals surface area contributed by atoms with Crippen LogP contribution in [-0.4, -0.2) is 36.7 Å². The Bertz CT molecular complexity index is 764. The first-order chi connectivity index (χ1) is 11.6. The van der Waals surface area contributed by atoms with Gasteiger partial charge in [0.15, 0.2) is 5.82 Å². The lowest BCUT2D eigenvalue weighted by atomic mass is 10.2. The zero-order valence-electron chi connectivity index (χ0n) is 14.3. The van der Waals surface area contributed by atoms with E-state index < -0.39 is 0 Å². The molecule has 3 rings (SSSR count). The Morgan fingerprint density at radius 2 is 1.75 bits per heavy atom. The number of nitrogens with zero attached hydrogens (tertiary/aromatic N) is 6. The van der Waals surface area contributed by atoms with E-state index in [9.17, 15) is 0 Å². The van der Waals surface area contributed by atoms with Gasteiger partial charge in [0.05, 0.1) is 6.20 Å². The van der Waals surface area contributed by atoms with Gasteiger partial charge in [-0.05, 0) is 33.0 Å². The average molecular weight is 322 g/mol. The van der Waals surface area contributed by atoms with Gasteiger partial charge >= 0.3 is 0 Å². The van der Waals surface area contributed by atoms with E-state index in [1.54, 1.807) is 6.20 Å². The fourth-order valence-corrected chi connectivity index (χ4v) is 2.48. The van der Waals surface area contributed by atoms with Gasteiger partial charge in [0.1, 0.15) is 5.69 Å². The summed E-state index contributed by atoms with van der Waals surface area (Å²) in [4.78, 5) is 15.3. The summed E-state index contributed by atoms with van der Waals surface area (Å²) in [5.74, 6) is 0.653. The van der Waals surface area contributed by atoms with Crippen LogP contribution < -0.4 is 0 Å². The van der Waals surface area contributed by atoms with Crippen LogP contribution in [0.3, 0.4) is 0 Å². The second-order valence-electron chi connectivity index (χ2n) is 6.22. The lowest BCUT2D eigenvalue weighted by Gasteiger charge is -2.15. The van der Waals surface area contributed by atoms with Crippen molar-refractivity contribution in [1.29, 1.82) is 0 Å². The largest absolute Gasteiger partial charge is 0.298 e. The topological polar surface area (TPSA) is 59.7 Å². The maximum absolute atomic E-state index is 4.42. The van der Waals surface area contributed by atoms with Gasteiger partial charge in [0, 0.05) is 55.0 Å². The number of hydrogen-bond acceptors (Lipinski definition) is 5. The Morgan fingerprint density at radius 3 is 2.38 bits per heavy atom. The van der Waals surface area contributed by atoms with Crippen molar-refractivity contribution in [3.8, 4) is 11.5 Å². The molecule has 0 radical (unpaired) electrons. The third kappa shape index (κ3) is 4.02. The predicted octanol–water partition coefficient (Wildman–Crippen LogP) is 2.95. The van der Waals surface area contributed by atoms with Crippen LogP contribution in [0.25, 0.3) is 11.5 Å². The summed E-state index contributed by atoms with van der Waals surface area (Å²) in [5.41, 5.74) is 3.07. The highest BCUT2D eigenvalue weighted by atomic mass is 15.3. The van der Waals surface area contributed by atoms with Gasteiger partial charge in [0.2, 0.25) is 0 Å². The minimum atomic E-state index is 0.386. The maximum Gasteiger partial charge on any atom is 0.178 e. The van der Waals surface area contributed by atoms with Gasteiger partial charge in [-0.15, -0.1) is 0 Å². The molecule has 124 valence electrons. The molecular formula is C18H22N6. The monoisotopic (exact) mass is 322 g/mol. The van der Waals surface area contributed by atoms with Gasteiger partial charge in [-0.2, -0.15) is 5.10 Å².